The monoisotopic (exact) mass is 329 g/mol. The summed E-state index contributed by atoms with van der Waals surface area (Å²) in [6.07, 6.45) is 5.60. The highest BCUT2D eigenvalue weighted by atomic mass is 35.5. The molecule has 0 radical (unpaired) electrons. The van der Waals surface area contributed by atoms with Gasteiger partial charge in [0.1, 0.15) is 0 Å². The van der Waals surface area contributed by atoms with Gasteiger partial charge in [0.15, 0.2) is 0 Å². The van der Waals surface area contributed by atoms with Crippen LogP contribution < -0.4 is 5.32 Å². The number of benzene rings is 1. The molecule has 0 aliphatic heterocycles. The Morgan fingerprint density at radius 2 is 2.10 bits per heavy atom. The second kappa shape index (κ2) is 8.39. The van der Waals surface area contributed by atoms with Crippen molar-refractivity contribution in [2.24, 2.45) is 0 Å². The molecule has 1 aliphatic carbocycles. The molecule has 0 spiro atoms. The molecular weight excluding hydrogens is 306 g/mol. The lowest BCUT2D eigenvalue weighted by Crippen LogP contribution is -2.45. The van der Waals surface area contributed by atoms with Crippen molar-refractivity contribution >= 4 is 23.4 Å². The van der Waals surface area contributed by atoms with Crippen molar-refractivity contribution < 1.29 is 9.84 Å². The Morgan fingerprint density at radius 3 is 2.67 bits per heavy atom. The first-order chi connectivity index (χ1) is 10.1. The molecule has 0 aromatic heterocycles. The third kappa shape index (κ3) is 5.46. The number of thioether (sulfide) groups is 1. The third-order valence-corrected chi connectivity index (χ3v) is 5.69. The Morgan fingerprint density at radius 1 is 1.38 bits per heavy atom. The van der Waals surface area contributed by atoms with Gasteiger partial charge in [-0.05, 0) is 36.8 Å². The van der Waals surface area contributed by atoms with Crippen LogP contribution in [0.2, 0.25) is 5.02 Å². The van der Waals surface area contributed by atoms with Gasteiger partial charge in [-0.1, -0.05) is 30.2 Å². The summed E-state index contributed by atoms with van der Waals surface area (Å²) in [4.78, 5) is 0. The molecule has 1 aromatic rings. The van der Waals surface area contributed by atoms with Gasteiger partial charge in [-0.15, -0.1) is 0 Å². The molecule has 118 valence electrons. The third-order valence-electron chi connectivity index (χ3n) is 4.02. The Labute approximate surface area is 136 Å². The van der Waals surface area contributed by atoms with Gasteiger partial charge in [-0.2, -0.15) is 11.8 Å². The Bertz CT molecular complexity index is 417. The van der Waals surface area contributed by atoms with Gasteiger partial charge in [0.05, 0.1) is 19.3 Å². The molecule has 1 atom stereocenters. The van der Waals surface area contributed by atoms with E-state index in [4.69, 9.17) is 16.3 Å². The first-order valence-electron chi connectivity index (χ1n) is 7.40. The van der Waals surface area contributed by atoms with Crippen LogP contribution in [0.1, 0.15) is 24.8 Å². The van der Waals surface area contributed by atoms with E-state index in [2.05, 4.69) is 11.6 Å². The summed E-state index contributed by atoms with van der Waals surface area (Å²) in [6, 6.07) is 7.56. The smallest absolute Gasteiger partial charge is 0.0897 e. The van der Waals surface area contributed by atoms with Crippen molar-refractivity contribution in [3.63, 3.8) is 0 Å². The predicted octanol–water partition coefficient (Wildman–Crippen LogP) is 3.09. The first-order valence-corrected chi connectivity index (χ1v) is 9.00. The van der Waals surface area contributed by atoms with Crippen molar-refractivity contribution in [3.05, 3.63) is 34.9 Å². The SMILES string of the molecule is CSC1(CNCC(O)COCc2ccc(Cl)cc2)CCC1. The molecule has 2 N–H and O–H groups in total. The minimum absolute atomic E-state index is 0.349. The van der Waals surface area contributed by atoms with Crippen LogP contribution in [0.15, 0.2) is 24.3 Å². The van der Waals surface area contributed by atoms with Crippen LogP contribution in [0.4, 0.5) is 0 Å². The summed E-state index contributed by atoms with van der Waals surface area (Å²) < 4.78 is 5.94. The van der Waals surface area contributed by atoms with E-state index in [1.54, 1.807) is 0 Å². The molecule has 0 amide bonds. The van der Waals surface area contributed by atoms with E-state index in [0.29, 0.717) is 24.5 Å². The quantitative estimate of drug-likeness (QED) is 0.730. The van der Waals surface area contributed by atoms with Gasteiger partial charge in [-0.25, -0.2) is 0 Å². The molecular formula is C16H24ClNO2S. The maximum absolute atomic E-state index is 9.92. The number of hydrogen-bond acceptors (Lipinski definition) is 4. The molecule has 0 heterocycles. The van der Waals surface area contributed by atoms with Crippen molar-refractivity contribution in [2.45, 2.75) is 36.7 Å². The fourth-order valence-corrected chi connectivity index (χ4v) is 3.51. The first kappa shape index (κ1) is 17.1. The number of rotatable bonds is 9. The summed E-state index contributed by atoms with van der Waals surface area (Å²) in [5, 5.41) is 14.0. The minimum atomic E-state index is -0.462. The van der Waals surface area contributed by atoms with Crippen LogP contribution in [-0.2, 0) is 11.3 Å². The topological polar surface area (TPSA) is 41.5 Å². The molecule has 5 heteroatoms. The minimum Gasteiger partial charge on any atom is -0.389 e. The Hall–Kier alpha value is -0.260. The zero-order chi connectivity index (χ0) is 15.1. The second-order valence-corrected chi connectivity index (χ2v) is 7.38. The standard InChI is InChI=1S/C16H24ClNO2S/c1-21-16(7-2-8-16)12-18-9-15(19)11-20-10-13-3-5-14(17)6-4-13/h3-6,15,18-19H,2,7-12H2,1H3. The molecule has 1 fully saturated rings. The summed E-state index contributed by atoms with van der Waals surface area (Å²) in [6.45, 7) is 2.41. The molecule has 1 saturated carbocycles. The van der Waals surface area contributed by atoms with Gasteiger partial charge in [0.2, 0.25) is 0 Å². The number of halogens is 1. The van der Waals surface area contributed by atoms with Crippen LogP contribution in [0.5, 0.6) is 0 Å². The number of ether oxygens (including phenoxy) is 1. The van der Waals surface area contributed by atoms with E-state index in [9.17, 15) is 5.11 Å². The van der Waals surface area contributed by atoms with E-state index in [1.807, 2.05) is 36.0 Å². The molecule has 0 saturated heterocycles. The number of nitrogens with one attached hydrogen (secondary N) is 1. The lowest BCUT2D eigenvalue weighted by Gasteiger charge is -2.40. The van der Waals surface area contributed by atoms with Gasteiger partial charge in [0, 0.05) is 22.9 Å². The fraction of sp³-hybridized carbons (Fsp3) is 0.625. The number of aliphatic hydroxyl groups is 1. The lowest BCUT2D eigenvalue weighted by molar-refractivity contribution is 0.0284. The van der Waals surface area contributed by atoms with Gasteiger partial charge >= 0.3 is 0 Å². The lowest BCUT2D eigenvalue weighted by atomic mass is 9.84. The van der Waals surface area contributed by atoms with Crippen molar-refractivity contribution in [1.29, 1.82) is 0 Å². The van der Waals surface area contributed by atoms with Gasteiger partial charge in [0.25, 0.3) is 0 Å². The molecule has 1 unspecified atom stereocenters. The second-order valence-electron chi connectivity index (χ2n) is 5.67. The van der Waals surface area contributed by atoms with Gasteiger partial charge in [-0.3, -0.25) is 0 Å². The van der Waals surface area contributed by atoms with E-state index >= 15 is 0 Å². The largest absolute Gasteiger partial charge is 0.389 e. The summed E-state index contributed by atoms with van der Waals surface area (Å²) >= 11 is 7.77. The van der Waals surface area contributed by atoms with Crippen LogP contribution in [0.25, 0.3) is 0 Å². The highest BCUT2D eigenvalue weighted by Gasteiger charge is 2.35. The zero-order valence-electron chi connectivity index (χ0n) is 12.5. The molecule has 0 bridgehead atoms. The van der Waals surface area contributed by atoms with E-state index in [0.717, 1.165) is 17.1 Å². The van der Waals surface area contributed by atoms with Crippen LogP contribution in [0, 0.1) is 0 Å². The van der Waals surface area contributed by atoms with Crippen molar-refractivity contribution in [3.8, 4) is 0 Å². The molecule has 1 aliphatic rings. The summed E-state index contributed by atoms with van der Waals surface area (Å²) in [5.74, 6) is 0. The number of aliphatic hydroxyl groups excluding tert-OH is 1. The van der Waals surface area contributed by atoms with Crippen LogP contribution >= 0.6 is 23.4 Å². The van der Waals surface area contributed by atoms with Crippen molar-refractivity contribution in [2.75, 3.05) is 26.0 Å². The normalized spacial score (nSPS) is 18.2. The van der Waals surface area contributed by atoms with Gasteiger partial charge < -0.3 is 15.2 Å². The van der Waals surface area contributed by atoms with Crippen LogP contribution in [0.3, 0.4) is 0 Å². The van der Waals surface area contributed by atoms with E-state index in [1.165, 1.54) is 19.3 Å². The maximum atomic E-state index is 9.92. The highest BCUT2D eigenvalue weighted by molar-refractivity contribution is 8.00. The Kier molecular flexibility index (Phi) is 6.83. The Balaban J connectivity index is 1.57. The predicted molar refractivity (Wildman–Crippen MR) is 90.1 cm³/mol. The molecule has 21 heavy (non-hydrogen) atoms. The van der Waals surface area contributed by atoms with Crippen molar-refractivity contribution in [1.82, 2.24) is 5.32 Å². The average Bonchev–Trinajstić information content (AvgIpc) is 2.44. The maximum Gasteiger partial charge on any atom is 0.0897 e. The molecule has 2 rings (SSSR count). The fourth-order valence-electron chi connectivity index (χ4n) is 2.44. The highest BCUT2D eigenvalue weighted by Crippen LogP contribution is 2.42. The number of hydrogen-bond donors (Lipinski definition) is 2. The van der Waals surface area contributed by atoms with E-state index < -0.39 is 6.10 Å². The summed E-state index contributed by atoms with van der Waals surface area (Å²) in [5.41, 5.74) is 1.07. The van der Waals surface area contributed by atoms with E-state index in [-0.39, 0.29) is 0 Å². The molecule has 3 nitrogen and oxygen atoms in total. The average molecular weight is 330 g/mol. The zero-order valence-corrected chi connectivity index (χ0v) is 14.1. The van der Waals surface area contributed by atoms with Crippen LogP contribution in [-0.4, -0.2) is 41.9 Å². The summed E-state index contributed by atoms with van der Waals surface area (Å²) in [7, 11) is 0. The molecule has 1 aromatic carbocycles.